The van der Waals surface area contributed by atoms with E-state index in [0.29, 0.717) is 0 Å². The second-order valence-electron chi connectivity index (χ2n) is 4.32. The molecule has 0 spiro atoms. The summed E-state index contributed by atoms with van der Waals surface area (Å²) in [5.74, 6) is 0. The van der Waals surface area contributed by atoms with Crippen molar-refractivity contribution in [2.24, 2.45) is 0 Å². The fraction of sp³-hybridized carbons (Fsp3) is 0.154. The Balaban J connectivity index is 1.79. The number of aryl methyl sites for hydroxylation is 1. The van der Waals surface area contributed by atoms with Crippen molar-refractivity contribution in [3.8, 4) is 5.69 Å². The molecular formula is C13H12ClN5S. The summed E-state index contributed by atoms with van der Waals surface area (Å²) in [7, 11) is 0. The van der Waals surface area contributed by atoms with E-state index in [-0.39, 0.29) is 0 Å². The van der Waals surface area contributed by atoms with Crippen LogP contribution in [0.2, 0.25) is 4.34 Å². The molecule has 0 atom stereocenters. The van der Waals surface area contributed by atoms with Crippen LogP contribution >= 0.6 is 22.9 Å². The zero-order chi connectivity index (χ0) is 13.9. The van der Waals surface area contributed by atoms with Crippen molar-refractivity contribution < 1.29 is 0 Å². The molecule has 3 aromatic rings. The summed E-state index contributed by atoms with van der Waals surface area (Å²) in [6, 6.07) is 10.0. The summed E-state index contributed by atoms with van der Waals surface area (Å²) >= 11 is 7.50. The predicted molar refractivity (Wildman–Crippen MR) is 80.5 cm³/mol. The van der Waals surface area contributed by atoms with Crippen LogP contribution in [0.3, 0.4) is 0 Å². The standard InChI is InChI=1S/C13H12ClN5S/c1-9-2-3-10(6-12(9)19-8-16-17-18-19)15-7-11-4-5-13(14)20-11/h2-6,8,15H,7H2,1H3. The number of tetrazole rings is 1. The van der Waals surface area contributed by atoms with E-state index in [4.69, 9.17) is 11.6 Å². The highest BCUT2D eigenvalue weighted by Gasteiger charge is 2.05. The van der Waals surface area contributed by atoms with Gasteiger partial charge in [-0.15, -0.1) is 16.4 Å². The molecule has 1 N–H and O–H groups in total. The first-order chi connectivity index (χ1) is 9.72. The molecule has 0 radical (unpaired) electrons. The van der Waals surface area contributed by atoms with Crippen molar-refractivity contribution in [1.29, 1.82) is 0 Å². The Labute approximate surface area is 125 Å². The lowest BCUT2D eigenvalue weighted by atomic mass is 10.2. The summed E-state index contributed by atoms with van der Waals surface area (Å²) in [5, 5.41) is 14.6. The number of nitrogens with zero attached hydrogens (tertiary/aromatic N) is 4. The van der Waals surface area contributed by atoms with Crippen molar-refractivity contribution in [2.45, 2.75) is 13.5 Å². The molecule has 5 nitrogen and oxygen atoms in total. The largest absolute Gasteiger partial charge is 0.380 e. The van der Waals surface area contributed by atoms with Gasteiger partial charge in [0.2, 0.25) is 0 Å². The Morgan fingerprint density at radius 2 is 2.20 bits per heavy atom. The summed E-state index contributed by atoms with van der Waals surface area (Å²) in [4.78, 5) is 1.19. The van der Waals surface area contributed by atoms with Gasteiger partial charge in [-0.3, -0.25) is 0 Å². The fourth-order valence-electron chi connectivity index (χ4n) is 1.87. The van der Waals surface area contributed by atoms with Crippen molar-refractivity contribution >= 4 is 28.6 Å². The Kier molecular flexibility index (Phi) is 3.66. The number of halogens is 1. The molecule has 3 rings (SSSR count). The molecule has 20 heavy (non-hydrogen) atoms. The first-order valence-corrected chi connectivity index (χ1v) is 7.24. The number of thiophene rings is 1. The molecule has 2 aromatic heterocycles. The molecule has 0 fully saturated rings. The van der Waals surface area contributed by atoms with Gasteiger partial charge >= 0.3 is 0 Å². The van der Waals surface area contributed by atoms with Gasteiger partial charge in [0.1, 0.15) is 6.33 Å². The second-order valence-corrected chi connectivity index (χ2v) is 6.11. The van der Waals surface area contributed by atoms with Crippen LogP contribution < -0.4 is 5.32 Å². The third-order valence-corrected chi connectivity index (χ3v) is 4.13. The third kappa shape index (κ3) is 2.81. The quantitative estimate of drug-likeness (QED) is 0.803. The van der Waals surface area contributed by atoms with E-state index >= 15 is 0 Å². The molecule has 0 aliphatic rings. The molecule has 0 amide bonds. The monoisotopic (exact) mass is 305 g/mol. The Morgan fingerprint density at radius 1 is 1.30 bits per heavy atom. The van der Waals surface area contributed by atoms with E-state index in [0.717, 1.165) is 27.8 Å². The van der Waals surface area contributed by atoms with Gasteiger partial charge in [0.25, 0.3) is 0 Å². The maximum absolute atomic E-state index is 5.92. The van der Waals surface area contributed by atoms with Crippen molar-refractivity contribution in [3.05, 3.63) is 51.4 Å². The summed E-state index contributed by atoms with van der Waals surface area (Å²) in [6.07, 6.45) is 1.59. The van der Waals surface area contributed by atoms with Gasteiger partial charge in [0.15, 0.2) is 0 Å². The van der Waals surface area contributed by atoms with E-state index < -0.39 is 0 Å². The average Bonchev–Trinajstić information content (AvgIpc) is 3.09. The minimum absolute atomic E-state index is 0.746. The topological polar surface area (TPSA) is 55.6 Å². The van der Waals surface area contributed by atoms with Gasteiger partial charge in [-0.2, -0.15) is 0 Å². The number of aromatic nitrogens is 4. The van der Waals surface area contributed by atoms with E-state index in [9.17, 15) is 0 Å². The Bertz CT molecular complexity index is 707. The van der Waals surface area contributed by atoms with E-state index in [1.165, 1.54) is 4.88 Å². The number of hydrogen-bond acceptors (Lipinski definition) is 5. The van der Waals surface area contributed by atoms with E-state index in [1.54, 1.807) is 22.3 Å². The highest BCUT2D eigenvalue weighted by Crippen LogP contribution is 2.23. The molecule has 0 aliphatic heterocycles. The van der Waals surface area contributed by atoms with Crippen molar-refractivity contribution in [3.63, 3.8) is 0 Å². The predicted octanol–water partition coefficient (Wildman–Crippen LogP) is 3.30. The lowest BCUT2D eigenvalue weighted by Crippen LogP contribution is -2.02. The fourth-order valence-corrected chi connectivity index (χ4v) is 2.90. The van der Waals surface area contributed by atoms with Gasteiger partial charge in [-0.1, -0.05) is 17.7 Å². The molecule has 7 heteroatoms. The van der Waals surface area contributed by atoms with Gasteiger partial charge in [-0.25, -0.2) is 4.68 Å². The van der Waals surface area contributed by atoms with Crippen molar-refractivity contribution in [1.82, 2.24) is 20.2 Å². The first-order valence-electron chi connectivity index (χ1n) is 6.04. The van der Waals surface area contributed by atoms with Crippen molar-refractivity contribution in [2.75, 3.05) is 5.32 Å². The van der Waals surface area contributed by atoms with Crippen LogP contribution in [0, 0.1) is 6.92 Å². The van der Waals surface area contributed by atoms with Crippen LogP contribution in [-0.2, 0) is 6.54 Å². The van der Waals surface area contributed by atoms with E-state index in [1.807, 2.05) is 37.3 Å². The summed E-state index contributed by atoms with van der Waals surface area (Å²) in [5.41, 5.74) is 3.09. The first kappa shape index (κ1) is 13.1. The molecule has 1 aromatic carbocycles. The minimum atomic E-state index is 0.746. The molecule has 0 aliphatic carbocycles. The Morgan fingerprint density at radius 3 is 2.90 bits per heavy atom. The van der Waals surface area contributed by atoms with Gasteiger partial charge in [-0.05, 0) is 47.2 Å². The molecular weight excluding hydrogens is 294 g/mol. The van der Waals surface area contributed by atoms with Crippen LogP contribution in [-0.4, -0.2) is 20.2 Å². The Hall–Kier alpha value is -1.92. The van der Waals surface area contributed by atoms with E-state index in [2.05, 4.69) is 20.8 Å². The maximum Gasteiger partial charge on any atom is 0.143 e. The number of rotatable bonds is 4. The van der Waals surface area contributed by atoms with Crippen LogP contribution in [0.4, 0.5) is 5.69 Å². The van der Waals surface area contributed by atoms with Crippen LogP contribution in [0.1, 0.15) is 10.4 Å². The van der Waals surface area contributed by atoms with Crippen LogP contribution in [0.5, 0.6) is 0 Å². The summed E-state index contributed by atoms with van der Waals surface area (Å²) < 4.78 is 2.46. The molecule has 102 valence electrons. The molecule has 0 saturated carbocycles. The number of hydrogen-bond donors (Lipinski definition) is 1. The summed E-state index contributed by atoms with van der Waals surface area (Å²) in [6.45, 7) is 2.77. The smallest absolute Gasteiger partial charge is 0.143 e. The minimum Gasteiger partial charge on any atom is -0.380 e. The number of benzene rings is 1. The normalized spacial score (nSPS) is 10.7. The lowest BCUT2D eigenvalue weighted by molar-refractivity contribution is 0.785. The van der Waals surface area contributed by atoms with Crippen LogP contribution in [0.15, 0.2) is 36.7 Å². The zero-order valence-corrected chi connectivity index (χ0v) is 12.3. The molecule has 0 saturated heterocycles. The SMILES string of the molecule is Cc1ccc(NCc2ccc(Cl)s2)cc1-n1cnnn1. The lowest BCUT2D eigenvalue weighted by Gasteiger charge is -2.09. The zero-order valence-electron chi connectivity index (χ0n) is 10.7. The third-order valence-electron chi connectivity index (χ3n) is 2.90. The molecule has 2 heterocycles. The highest BCUT2D eigenvalue weighted by molar-refractivity contribution is 7.16. The highest BCUT2D eigenvalue weighted by atomic mass is 35.5. The second kappa shape index (κ2) is 5.60. The van der Waals surface area contributed by atoms with Gasteiger partial charge in [0.05, 0.1) is 10.0 Å². The number of anilines is 1. The van der Waals surface area contributed by atoms with Gasteiger partial charge < -0.3 is 5.32 Å². The average molecular weight is 306 g/mol. The van der Waals surface area contributed by atoms with Crippen LogP contribution in [0.25, 0.3) is 5.69 Å². The molecule has 0 bridgehead atoms. The van der Waals surface area contributed by atoms with Gasteiger partial charge in [0, 0.05) is 17.1 Å². The molecule has 0 unspecified atom stereocenters. The maximum atomic E-state index is 5.92. The number of nitrogens with one attached hydrogen (secondary N) is 1.